The second kappa shape index (κ2) is 10.9. The Kier molecular flexibility index (Phi) is 8.42. The molecule has 0 saturated carbocycles. The van der Waals surface area contributed by atoms with Crippen molar-refractivity contribution in [2.24, 2.45) is 11.3 Å². The number of benzene rings is 1. The van der Waals surface area contributed by atoms with Crippen molar-refractivity contribution in [3.8, 4) is 5.69 Å². The van der Waals surface area contributed by atoms with Gasteiger partial charge in [0.25, 0.3) is 5.91 Å². The molecule has 2 heterocycles. The van der Waals surface area contributed by atoms with Crippen LogP contribution in [-0.4, -0.2) is 71.7 Å². The minimum absolute atomic E-state index is 0.00726. The Morgan fingerprint density at radius 2 is 1.79 bits per heavy atom. The zero-order valence-electron chi connectivity index (χ0n) is 21.3. The summed E-state index contributed by atoms with van der Waals surface area (Å²) in [5, 5.41) is 8.31. The quantitative estimate of drug-likeness (QED) is 0.605. The lowest BCUT2D eigenvalue weighted by Crippen LogP contribution is -2.46. The van der Waals surface area contributed by atoms with E-state index in [1.54, 1.807) is 6.20 Å². The highest BCUT2D eigenvalue weighted by molar-refractivity contribution is 6.30. The van der Waals surface area contributed by atoms with Crippen LogP contribution in [0.4, 0.5) is 0 Å². The molecule has 0 atom stereocenters. The van der Waals surface area contributed by atoms with Gasteiger partial charge >= 0.3 is 0 Å². The first kappa shape index (κ1) is 26.2. The summed E-state index contributed by atoms with van der Waals surface area (Å²) in [5.74, 6) is 0.138. The largest absolute Gasteiger partial charge is 0.355 e. The van der Waals surface area contributed by atoms with Gasteiger partial charge in [0.05, 0.1) is 23.1 Å². The van der Waals surface area contributed by atoms with E-state index in [2.05, 4.69) is 43.0 Å². The molecule has 0 bridgehead atoms. The van der Waals surface area contributed by atoms with E-state index in [0.29, 0.717) is 43.1 Å². The summed E-state index contributed by atoms with van der Waals surface area (Å²) in [6, 6.07) is 7.45. The number of hydrogen-bond acceptors (Lipinski definition) is 4. The number of nitrogens with one attached hydrogen (secondary N) is 1. The lowest BCUT2D eigenvalue weighted by Gasteiger charge is -2.33. The number of carbonyl (C=O) groups excluding carboxylic acids is 2. The summed E-state index contributed by atoms with van der Waals surface area (Å²) in [6.07, 6.45) is 3.01. The molecule has 2 amide bonds. The fraction of sp³-hybridized carbons (Fsp3) is 0.577. The molecule has 0 aliphatic carbocycles. The molecule has 3 rings (SSSR count). The third-order valence-electron chi connectivity index (χ3n) is 6.29. The van der Waals surface area contributed by atoms with Gasteiger partial charge in [-0.05, 0) is 62.5 Å². The van der Waals surface area contributed by atoms with Crippen LogP contribution in [0.15, 0.2) is 30.5 Å². The van der Waals surface area contributed by atoms with Crippen molar-refractivity contribution in [1.29, 1.82) is 0 Å². The molecule has 1 aliphatic rings. The number of likely N-dealkylation sites (tertiary alicyclic amines) is 1. The highest BCUT2D eigenvalue weighted by Gasteiger charge is 2.31. The summed E-state index contributed by atoms with van der Waals surface area (Å²) < 4.78 is 1.82. The van der Waals surface area contributed by atoms with Crippen LogP contribution in [0.3, 0.4) is 0 Å². The van der Waals surface area contributed by atoms with E-state index in [1.807, 2.05) is 47.9 Å². The molecular weight excluding hydrogens is 450 g/mol. The van der Waals surface area contributed by atoms with E-state index in [9.17, 15) is 9.59 Å². The number of rotatable bonds is 8. The number of halogens is 1. The SMILES string of the molecule is CC(C)c1c(C(=O)N2CCC(C(=O)NCC(C)(C)CN(C)C)CC2)cnn1-c1ccc(Cl)cc1. The molecule has 1 aromatic carbocycles. The average molecular weight is 488 g/mol. The summed E-state index contributed by atoms with van der Waals surface area (Å²) in [6.45, 7) is 11.1. The Labute approximate surface area is 208 Å². The van der Waals surface area contributed by atoms with Gasteiger partial charge in [0, 0.05) is 37.1 Å². The Morgan fingerprint density at radius 3 is 2.35 bits per heavy atom. The number of amides is 2. The molecule has 1 fully saturated rings. The van der Waals surface area contributed by atoms with Gasteiger partial charge in [0.1, 0.15) is 0 Å². The Morgan fingerprint density at radius 1 is 1.18 bits per heavy atom. The maximum atomic E-state index is 13.4. The predicted molar refractivity (Wildman–Crippen MR) is 137 cm³/mol. The molecule has 34 heavy (non-hydrogen) atoms. The van der Waals surface area contributed by atoms with E-state index in [-0.39, 0.29) is 29.1 Å². The van der Waals surface area contributed by atoms with E-state index < -0.39 is 0 Å². The zero-order valence-corrected chi connectivity index (χ0v) is 22.0. The van der Waals surface area contributed by atoms with Gasteiger partial charge in [-0.2, -0.15) is 5.10 Å². The fourth-order valence-corrected chi connectivity index (χ4v) is 4.89. The lowest BCUT2D eigenvalue weighted by atomic mass is 9.91. The van der Waals surface area contributed by atoms with E-state index >= 15 is 0 Å². The van der Waals surface area contributed by atoms with Gasteiger partial charge < -0.3 is 15.1 Å². The van der Waals surface area contributed by atoms with Gasteiger partial charge in [0.2, 0.25) is 5.91 Å². The average Bonchev–Trinajstić information content (AvgIpc) is 3.22. The first-order valence-corrected chi connectivity index (χ1v) is 12.4. The van der Waals surface area contributed by atoms with Crippen LogP contribution in [0, 0.1) is 11.3 Å². The third-order valence-corrected chi connectivity index (χ3v) is 6.55. The maximum absolute atomic E-state index is 13.4. The summed E-state index contributed by atoms with van der Waals surface area (Å²) >= 11 is 6.03. The highest BCUT2D eigenvalue weighted by Crippen LogP contribution is 2.27. The summed E-state index contributed by atoms with van der Waals surface area (Å²) in [7, 11) is 4.08. The topological polar surface area (TPSA) is 70.5 Å². The van der Waals surface area contributed by atoms with Gasteiger partial charge in [-0.1, -0.05) is 39.3 Å². The molecule has 186 valence electrons. The van der Waals surface area contributed by atoms with Crippen molar-refractivity contribution in [3.05, 3.63) is 46.7 Å². The number of nitrogens with zero attached hydrogens (tertiary/aromatic N) is 4. The summed E-state index contributed by atoms with van der Waals surface area (Å²) in [4.78, 5) is 30.2. The Balaban J connectivity index is 1.63. The monoisotopic (exact) mass is 487 g/mol. The smallest absolute Gasteiger partial charge is 0.257 e. The molecule has 0 radical (unpaired) electrons. The van der Waals surface area contributed by atoms with E-state index in [1.165, 1.54) is 0 Å². The lowest BCUT2D eigenvalue weighted by molar-refractivity contribution is -0.126. The van der Waals surface area contributed by atoms with Crippen LogP contribution < -0.4 is 5.32 Å². The van der Waals surface area contributed by atoms with Gasteiger partial charge in [0.15, 0.2) is 0 Å². The fourth-order valence-electron chi connectivity index (χ4n) is 4.76. The van der Waals surface area contributed by atoms with Crippen LogP contribution >= 0.6 is 11.6 Å². The van der Waals surface area contributed by atoms with Crippen LogP contribution in [0.2, 0.25) is 5.02 Å². The first-order chi connectivity index (χ1) is 16.0. The molecule has 7 nitrogen and oxygen atoms in total. The predicted octanol–water partition coefficient (Wildman–Crippen LogP) is 4.21. The summed E-state index contributed by atoms with van der Waals surface area (Å²) in [5.41, 5.74) is 2.39. The second-order valence-corrected chi connectivity index (χ2v) is 11.1. The van der Waals surface area contributed by atoms with Gasteiger partial charge in [-0.15, -0.1) is 0 Å². The van der Waals surface area contributed by atoms with Crippen LogP contribution in [0.25, 0.3) is 5.69 Å². The highest BCUT2D eigenvalue weighted by atomic mass is 35.5. The normalized spacial score (nSPS) is 15.3. The number of hydrogen-bond donors (Lipinski definition) is 1. The molecule has 1 N–H and O–H groups in total. The standard InChI is InChI=1S/C26H38ClN5O2/c1-18(2)23-22(15-29-32(23)21-9-7-20(27)8-10-21)25(34)31-13-11-19(12-14-31)24(33)28-16-26(3,4)17-30(5)6/h7-10,15,18-19H,11-14,16-17H2,1-6H3,(H,28,33). The van der Waals surface area contributed by atoms with Crippen LogP contribution in [0.1, 0.15) is 62.5 Å². The van der Waals surface area contributed by atoms with E-state index in [4.69, 9.17) is 11.6 Å². The van der Waals surface area contributed by atoms with Crippen LogP contribution in [0.5, 0.6) is 0 Å². The van der Waals surface area contributed by atoms with Crippen molar-refractivity contribution in [3.63, 3.8) is 0 Å². The zero-order chi connectivity index (χ0) is 25.0. The van der Waals surface area contributed by atoms with Gasteiger partial charge in [-0.3, -0.25) is 9.59 Å². The molecule has 1 aromatic heterocycles. The number of aromatic nitrogens is 2. The van der Waals surface area contributed by atoms with Crippen molar-refractivity contribution in [2.75, 3.05) is 40.3 Å². The minimum atomic E-state index is -0.0550. The Hall–Kier alpha value is -2.38. The molecule has 8 heteroatoms. The maximum Gasteiger partial charge on any atom is 0.257 e. The van der Waals surface area contributed by atoms with Crippen molar-refractivity contribution >= 4 is 23.4 Å². The molecule has 1 aliphatic heterocycles. The number of carbonyl (C=O) groups is 2. The molecule has 0 spiro atoms. The van der Waals surface area contributed by atoms with Crippen molar-refractivity contribution in [2.45, 2.75) is 46.5 Å². The first-order valence-electron chi connectivity index (χ1n) is 12.0. The van der Waals surface area contributed by atoms with Crippen molar-refractivity contribution in [1.82, 2.24) is 24.9 Å². The number of piperidine rings is 1. The van der Waals surface area contributed by atoms with Crippen molar-refractivity contribution < 1.29 is 9.59 Å². The van der Waals surface area contributed by atoms with Crippen LogP contribution in [-0.2, 0) is 4.79 Å². The molecule has 2 aromatic rings. The van der Waals surface area contributed by atoms with Gasteiger partial charge in [-0.25, -0.2) is 4.68 Å². The molecule has 0 unspecified atom stereocenters. The molecule has 1 saturated heterocycles. The minimum Gasteiger partial charge on any atom is -0.355 e. The Bertz CT molecular complexity index is 989. The third kappa shape index (κ3) is 6.39. The van der Waals surface area contributed by atoms with E-state index in [0.717, 1.165) is 17.9 Å². The molecular formula is C26H38ClN5O2. The second-order valence-electron chi connectivity index (χ2n) is 10.7.